The molecular formula is C15H14ClN3O3S. The highest BCUT2D eigenvalue weighted by molar-refractivity contribution is 7.92. The molecule has 0 aliphatic heterocycles. The largest absolute Gasteiger partial charge is 0.497 e. The fourth-order valence-electron chi connectivity index (χ4n) is 1.99. The van der Waals surface area contributed by atoms with Crippen LogP contribution in [0, 0.1) is 25.2 Å². The average molecular weight is 352 g/mol. The summed E-state index contributed by atoms with van der Waals surface area (Å²) in [4.78, 5) is 3.98. The lowest BCUT2D eigenvalue weighted by molar-refractivity contribution is 0.415. The van der Waals surface area contributed by atoms with Gasteiger partial charge in [0.2, 0.25) is 0 Å². The van der Waals surface area contributed by atoms with E-state index in [0.717, 1.165) is 0 Å². The molecule has 2 aromatic rings. The van der Waals surface area contributed by atoms with Crippen LogP contribution >= 0.6 is 11.6 Å². The molecule has 0 aliphatic rings. The van der Waals surface area contributed by atoms with E-state index >= 15 is 0 Å². The van der Waals surface area contributed by atoms with Crippen molar-refractivity contribution >= 4 is 27.3 Å². The number of nitriles is 1. The van der Waals surface area contributed by atoms with Crippen LogP contribution < -0.4 is 9.46 Å². The third-order valence-electron chi connectivity index (χ3n) is 3.21. The molecule has 6 nitrogen and oxygen atoms in total. The fourth-order valence-corrected chi connectivity index (χ4v) is 3.39. The van der Waals surface area contributed by atoms with Gasteiger partial charge in [-0.25, -0.2) is 4.98 Å². The van der Waals surface area contributed by atoms with E-state index in [0.29, 0.717) is 22.7 Å². The van der Waals surface area contributed by atoms with Gasteiger partial charge in [-0.3, -0.25) is 4.72 Å². The van der Waals surface area contributed by atoms with Crippen LogP contribution in [-0.4, -0.2) is 20.5 Å². The van der Waals surface area contributed by atoms with Gasteiger partial charge in [0, 0.05) is 5.69 Å². The van der Waals surface area contributed by atoms with Crippen molar-refractivity contribution in [2.24, 2.45) is 0 Å². The summed E-state index contributed by atoms with van der Waals surface area (Å²) in [5.41, 5.74) is 0.999. The van der Waals surface area contributed by atoms with Crippen molar-refractivity contribution in [1.29, 1.82) is 5.26 Å². The number of hydrogen-bond donors (Lipinski definition) is 1. The number of ether oxygens (including phenoxy) is 1. The van der Waals surface area contributed by atoms with E-state index in [2.05, 4.69) is 9.71 Å². The van der Waals surface area contributed by atoms with E-state index in [9.17, 15) is 13.7 Å². The van der Waals surface area contributed by atoms with Crippen molar-refractivity contribution in [2.45, 2.75) is 18.9 Å². The third-order valence-corrected chi connectivity index (χ3v) is 5.08. The standard InChI is InChI=1S/C15H14ClN3O3S/c1-9-13(8-17)15(18-10(2)14(9)16)23(20,21)19-11-4-6-12(22-3)7-5-11/h4-7,19H,1-3H3. The first-order valence-corrected chi connectivity index (χ1v) is 8.40. The molecule has 1 aromatic carbocycles. The minimum absolute atomic E-state index is 0.0680. The zero-order valence-electron chi connectivity index (χ0n) is 12.7. The molecule has 0 unspecified atom stereocenters. The predicted molar refractivity (Wildman–Crippen MR) is 87.2 cm³/mol. The van der Waals surface area contributed by atoms with E-state index in [1.165, 1.54) is 7.11 Å². The second kappa shape index (κ2) is 6.44. The Bertz CT molecular complexity index is 888. The van der Waals surface area contributed by atoms with Gasteiger partial charge in [0.05, 0.1) is 23.4 Å². The summed E-state index contributed by atoms with van der Waals surface area (Å²) in [7, 11) is -2.51. The molecule has 1 aromatic heterocycles. The van der Waals surface area contributed by atoms with Crippen LogP contribution in [0.3, 0.4) is 0 Å². The highest BCUT2D eigenvalue weighted by Crippen LogP contribution is 2.27. The van der Waals surface area contributed by atoms with E-state index in [1.807, 2.05) is 6.07 Å². The number of nitrogens with one attached hydrogen (secondary N) is 1. The van der Waals surface area contributed by atoms with Crippen molar-refractivity contribution in [2.75, 3.05) is 11.8 Å². The Kier molecular flexibility index (Phi) is 4.78. The lowest BCUT2D eigenvalue weighted by atomic mass is 10.1. The summed E-state index contributed by atoms with van der Waals surface area (Å²) in [6.07, 6.45) is 0. The zero-order chi connectivity index (χ0) is 17.2. The van der Waals surface area contributed by atoms with Gasteiger partial charge >= 0.3 is 0 Å². The van der Waals surface area contributed by atoms with Gasteiger partial charge in [0.25, 0.3) is 10.0 Å². The van der Waals surface area contributed by atoms with Crippen LogP contribution in [0.25, 0.3) is 0 Å². The summed E-state index contributed by atoms with van der Waals surface area (Å²) in [6.45, 7) is 3.17. The molecule has 0 saturated carbocycles. The number of anilines is 1. The number of pyridine rings is 1. The highest BCUT2D eigenvalue weighted by atomic mass is 35.5. The quantitative estimate of drug-likeness (QED) is 0.913. The molecule has 0 amide bonds. The van der Waals surface area contributed by atoms with E-state index in [4.69, 9.17) is 16.3 Å². The molecule has 0 aliphatic carbocycles. The van der Waals surface area contributed by atoms with E-state index in [-0.39, 0.29) is 15.6 Å². The predicted octanol–water partition coefficient (Wildman–Crippen LogP) is 3.03. The zero-order valence-corrected chi connectivity index (χ0v) is 14.3. The summed E-state index contributed by atoms with van der Waals surface area (Å²) in [6, 6.07) is 8.20. The summed E-state index contributed by atoms with van der Waals surface area (Å²) < 4.78 is 32.5. The Balaban J connectivity index is 2.49. The summed E-state index contributed by atoms with van der Waals surface area (Å²) >= 11 is 6.03. The normalized spacial score (nSPS) is 10.9. The van der Waals surface area contributed by atoms with Crippen molar-refractivity contribution < 1.29 is 13.2 Å². The number of aromatic nitrogens is 1. The smallest absolute Gasteiger partial charge is 0.280 e. The number of halogens is 1. The number of hydrogen-bond acceptors (Lipinski definition) is 5. The molecule has 2 rings (SSSR count). The molecule has 1 heterocycles. The van der Waals surface area contributed by atoms with Gasteiger partial charge in [0.15, 0.2) is 5.03 Å². The molecule has 1 N–H and O–H groups in total. The van der Waals surface area contributed by atoms with Crippen molar-refractivity contribution in [3.8, 4) is 11.8 Å². The molecule has 0 fully saturated rings. The molecule has 0 spiro atoms. The Hall–Kier alpha value is -2.30. The number of rotatable bonds is 4. The number of benzene rings is 1. The van der Waals surface area contributed by atoms with Crippen LogP contribution in [0.1, 0.15) is 16.8 Å². The first kappa shape index (κ1) is 17.1. The number of methoxy groups -OCH3 is 1. The van der Waals surface area contributed by atoms with Gasteiger partial charge in [-0.1, -0.05) is 11.6 Å². The minimum atomic E-state index is -4.02. The number of sulfonamides is 1. The first-order valence-electron chi connectivity index (χ1n) is 6.54. The second-order valence-electron chi connectivity index (χ2n) is 4.76. The van der Waals surface area contributed by atoms with Crippen LogP contribution in [-0.2, 0) is 10.0 Å². The van der Waals surface area contributed by atoms with Gasteiger partial charge in [-0.15, -0.1) is 0 Å². The second-order valence-corrected chi connectivity index (χ2v) is 6.74. The molecule has 0 radical (unpaired) electrons. The van der Waals surface area contributed by atoms with E-state index in [1.54, 1.807) is 38.1 Å². The Morgan fingerprint density at radius 1 is 1.26 bits per heavy atom. The maximum atomic E-state index is 12.6. The maximum Gasteiger partial charge on any atom is 0.280 e. The van der Waals surface area contributed by atoms with Gasteiger partial charge in [0.1, 0.15) is 11.8 Å². The van der Waals surface area contributed by atoms with Crippen LogP contribution in [0.4, 0.5) is 5.69 Å². The Morgan fingerprint density at radius 2 is 1.87 bits per heavy atom. The molecule has 0 bridgehead atoms. The Morgan fingerprint density at radius 3 is 2.39 bits per heavy atom. The molecule has 23 heavy (non-hydrogen) atoms. The van der Waals surface area contributed by atoms with Crippen molar-refractivity contribution in [3.05, 3.63) is 46.1 Å². The average Bonchev–Trinajstić information content (AvgIpc) is 2.52. The third kappa shape index (κ3) is 3.38. The van der Waals surface area contributed by atoms with Crippen molar-refractivity contribution in [3.63, 3.8) is 0 Å². The van der Waals surface area contributed by atoms with Crippen LogP contribution in [0.5, 0.6) is 5.75 Å². The molecule has 0 saturated heterocycles. The summed E-state index contributed by atoms with van der Waals surface area (Å²) in [5.74, 6) is 0.599. The SMILES string of the molecule is COc1ccc(NS(=O)(=O)c2nc(C)c(Cl)c(C)c2C#N)cc1. The highest BCUT2D eigenvalue weighted by Gasteiger charge is 2.25. The van der Waals surface area contributed by atoms with Crippen LogP contribution in [0.15, 0.2) is 29.3 Å². The minimum Gasteiger partial charge on any atom is -0.497 e. The lowest BCUT2D eigenvalue weighted by Crippen LogP contribution is -2.17. The molecule has 120 valence electrons. The first-order chi connectivity index (χ1) is 10.8. The van der Waals surface area contributed by atoms with Crippen LogP contribution in [0.2, 0.25) is 5.02 Å². The van der Waals surface area contributed by atoms with Gasteiger partial charge in [-0.05, 0) is 43.7 Å². The van der Waals surface area contributed by atoms with Gasteiger partial charge < -0.3 is 4.74 Å². The van der Waals surface area contributed by atoms with E-state index < -0.39 is 10.0 Å². The number of aryl methyl sites for hydroxylation is 1. The van der Waals surface area contributed by atoms with Crippen molar-refractivity contribution in [1.82, 2.24) is 4.98 Å². The molecular weight excluding hydrogens is 338 g/mol. The monoisotopic (exact) mass is 351 g/mol. The molecule has 0 atom stereocenters. The molecule has 8 heteroatoms. The van der Waals surface area contributed by atoms with Gasteiger partial charge in [-0.2, -0.15) is 13.7 Å². The fraction of sp³-hybridized carbons (Fsp3) is 0.200. The Labute approximate surface area is 139 Å². The lowest BCUT2D eigenvalue weighted by Gasteiger charge is -2.12. The maximum absolute atomic E-state index is 12.6. The number of nitrogens with zero attached hydrogens (tertiary/aromatic N) is 2. The summed E-state index contributed by atoms with van der Waals surface area (Å²) in [5, 5.41) is 9.20. The topological polar surface area (TPSA) is 92.1 Å².